The lowest BCUT2D eigenvalue weighted by Gasteiger charge is -2.50. The number of nitroso groups, excluding NO2 is 1. The zero-order valence-corrected chi connectivity index (χ0v) is 19.9. The molecule has 0 heterocycles. The number of nitrogens with one attached hydrogen (secondary N) is 1. The van der Waals surface area contributed by atoms with E-state index in [4.69, 9.17) is 16.3 Å². The molecule has 0 bridgehead atoms. The van der Waals surface area contributed by atoms with E-state index in [1.54, 1.807) is 13.0 Å². The molecule has 2 saturated carbocycles. The molecule has 1 aromatic rings. The molecular formula is C24H32ClN3O5. The molecule has 0 aliphatic heterocycles. The van der Waals surface area contributed by atoms with Gasteiger partial charge in [-0.25, -0.2) is 9.59 Å². The number of benzene rings is 1. The van der Waals surface area contributed by atoms with Gasteiger partial charge >= 0.3 is 12.0 Å². The molecule has 2 amide bonds. The van der Waals surface area contributed by atoms with E-state index in [2.05, 4.69) is 23.6 Å². The Labute approximate surface area is 198 Å². The van der Waals surface area contributed by atoms with E-state index >= 15 is 0 Å². The van der Waals surface area contributed by atoms with Gasteiger partial charge in [0.15, 0.2) is 0 Å². The van der Waals surface area contributed by atoms with E-state index < -0.39 is 18.0 Å². The van der Waals surface area contributed by atoms with Crippen LogP contribution in [0.25, 0.3) is 0 Å². The molecule has 0 spiro atoms. The second kappa shape index (κ2) is 9.49. The molecule has 3 aliphatic rings. The molecule has 1 unspecified atom stereocenters. The summed E-state index contributed by atoms with van der Waals surface area (Å²) in [6.45, 7) is 3.75. The first-order valence-corrected chi connectivity index (χ1v) is 12.3. The number of nitrogens with zero attached hydrogens (tertiary/aromatic N) is 2. The van der Waals surface area contributed by atoms with Crippen LogP contribution in [0, 0.1) is 22.2 Å². The summed E-state index contributed by atoms with van der Waals surface area (Å²) in [7, 11) is 0. The Morgan fingerprint density at radius 2 is 2.12 bits per heavy atom. The van der Waals surface area contributed by atoms with E-state index in [0.29, 0.717) is 28.5 Å². The fourth-order valence-electron chi connectivity index (χ4n) is 6.53. The van der Waals surface area contributed by atoms with Gasteiger partial charge in [0.25, 0.3) is 0 Å². The molecule has 180 valence electrons. The molecular weight excluding hydrogens is 446 g/mol. The third-order valence-corrected chi connectivity index (χ3v) is 8.37. The molecule has 3 aliphatic carbocycles. The summed E-state index contributed by atoms with van der Waals surface area (Å²) in [4.78, 5) is 35.7. The van der Waals surface area contributed by atoms with Crippen molar-refractivity contribution in [2.75, 3.05) is 12.4 Å². The molecule has 0 radical (unpaired) electrons. The lowest BCUT2D eigenvalue weighted by Crippen LogP contribution is -2.49. The summed E-state index contributed by atoms with van der Waals surface area (Å²) in [5.41, 5.74) is 2.54. The summed E-state index contributed by atoms with van der Waals surface area (Å²) in [5, 5.41) is 15.6. The van der Waals surface area contributed by atoms with Gasteiger partial charge in [0, 0.05) is 11.3 Å². The predicted octanol–water partition coefficient (Wildman–Crippen LogP) is 4.48. The average Bonchev–Trinajstić information content (AvgIpc) is 3.12. The molecule has 33 heavy (non-hydrogen) atoms. The third kappa shape index (κ3) is 4.42. The van der Waals surface area contributed by atoms with Crippen molar-refractivity contribution >= 4 is 23.6 Å². The highest BCUT2D eigenvalue weighted by Gasteiger charge is 2.56. The van der Waals surface area contributed by atoms with E-state index in [1.807, 2.05) is 6.07 Å². The lowest BCUT2D eigenvalue weighted by atomic mass is 9.55. The molecule has 1 aromatic carbocycles. The van der Waals surface area contributed by atoms with Crippen LogP contribution >= 0.6 is 11.6 Å². The Bertz CT molecular complexity index is 927. The van der Waals surface area contributed by atoms with Crippen molar-refractivity contribution in [2.45, 2.75) is 70.4 Å². The molecule has 6 atom stereocenters. The number of hydrogen-bond acceptors (Lipinski definition) is 6. The van der Waals surface area contributed by atoms with Gasteiger partial charge in [-0.3, -0.25) is 0 Å². The van der Waals surface area contributed by atoms with Gasteiger partial charge < -0.3 is 15.2 Å². The normalized spacial score (nSPS) is 30.9. The number of phenols is 1. The predicted molar refractivity (Wildman–Crippen MR) is 124 cm³/mol. The zero-order chi connectivity index (χ0) is 23.8. The average molecular weight is 478 g/mol. The van der Waals surface area contributed by atoms with Crippen LogP contribution in [0.5, 0.6) is 5.75 Å². The second-order valence-electron chi connectivity index (χ2n) is 9.91. The van der Waals surface area contributed by atoms with Gasteiger partial charge in [-0.15, -0.1) is 16.5 Å². The SMILES string of the molecule is CC(NC(=O)N(CCCl)N=O)C(=O)O[C@H]1CC[C@H]2[C@@H]3CCc4cc(O)ccc4[C@H]3CC[C@]12C. The van der Waals surface area contributed by atoms with Gasteiger partial charge in [-0.2, -0.15) is 5.01 Å². The number of amides is 2. The summed E-state index contributed by atoms with van der Waals surface area (Å²) < 4.78 is 5.94. The van der Waals surface area contributed by atoms with Gasteiger partial charge in [0.2, 0.25) is 0 Å². The first-order valence-electron chi connectivity index (χ1n) is 11.8. The summed E-state index contributed by atoms with van der Waals surface area (Å²) in [6.07, 6.45) is 5.69. The number of esters is 1. The highest BCUT2D eigenvalue weighted by molar-refractivity contribution is 6.18. The van der Waals surface area contributed by atoms with Crippen molar-refractivity contribution in [3.8, 4) is 5.75 Å². The maximum absolute atomic E-state index is 12.8. The Morgan fingerprint density at radius 3 is 2.85 bits per heavy atom. The zero-order valence-electron chi connectivity index (χ0n) is 19.1. The van der Waals surface area contributed by atoms with Crippen molar-refractivity contribution < 1.29 is 19.4 Å². The highest BCUT2D eigenvalue weighted by atomic mass is 35.5. The topological polar surface area (TPSA) is 108 Å². The Morgan fingerprint density at radius 1 is 1.33 bits per heavy atom. The minimum Gasteiger partial charge on any atom is -0.508 e. The van der Waals surface area contributed by atoms with Crippen molar-refractivity contribution in [3.63, 3.8) is 0 Å². The number of carbonyl (C=O) groups is 2. The van der Waals surface area contributed by atoms with Crippen LogP contribution in [0.3, 0.4) is 0 Å². The van der Waals surface area contributed by atoms with E-state index in [1.165, 1.54) is 11.1 Å². The maximum atomic E-state index is 12.8. The molecule has 2 N–H and O–H groups in total. The third-order valence-electron chi connectivity index (χ3n) is 8.20. The van der Waals surface area contributed by atoms with Gasteiger partial charge in [-0.1, -0.05) is 13.0 Å². The van der Waals surface area contributed by atoms with Gasteiger partial charge in [-0.05, 0) is 86.5 Å². The van der Waals surface area contributed by atoms with Crippen molar-refractivity contribution in [1.29, 1.82) is 0 Å². The van der Waals surface area contributed by atoms with Crippen molar-refractivity contribution in [1.82, 2.24) is 10.3 Å². The van der Waals surface area contributed by atoms with Gasteiger partial charge in [0.05, 0.1) is 11.8 Å². The fourth-order valence-corrected chi connectivity index (χ4v) is 6.69. The largest absolute Gasteiger partial charge is 0.508 e. The molecule has 4 rings (SSSR count). The van der Waals surface area contributed by atoms with Crippen LogP contribution in [0.15, 0.2) is 23.5 Å². The number of halogens is 1. The van der Waals surface area contributed by atoms with Crippen LogP contribution in [0.1, 0.15) is 63.0 Å². The minimum absolute atomic E-state index is 0.0354. The highest BCUT2D eigenvalue weighted by Crippen LogP contribution is 2.61. The molecule has 8 nitrogen and oxygen atoms in total. The smallest absolute Gasteiger partial charge is 0.341 e. The number of rotatable bonds is 6. The first kappa shape index (κ1) is 23.8. The molecule has 0 aromatic heterocycles. The van der Waals surface area contributed by atoms with E-state index in [-0.39, 0.29) is 23.9 Å². The minimum atomic E-state index is -0.898. The summed E-state index contributed by atoms with van der Waals surface area (Å²) in [5.74, 6) is 1.40. The second-order valence-corrected chi connectivity index (χ2v) is 10.3. The Hall–Kier alpha value is -2.35. The van der Waals surface area contributed by atoms with Crippen LogP contribution < -0.4 is 5.32 Å². The molecule has 0 saturated heterocycles. The number of phenolic OH excluding ortho intramolecular Hbond substituents is 1. The fraction of sp³-hybridized carbons (Fsp3) is 0.667. The standard InChI is InChI=1S/C24H32ClN3O5/c1-14(26-23(31)28(27-32)12-11-25)22(30)33-21-8-7-20-19-5-3-15-13-16(29)4-6-17(15)18(19)9-10-24(20,21)2/h4,6,13-14,18-21,29H,3,5,7-12H2,1-2H3,(H,26,31)/t14?,18-,19-,20+,21+,24+/m1/s1. The molecule has 9 heteroatoms. The number of carbonyl (C=O) groups excluding carboxylic acids is 2. The van der Waals surface area contributed by atoms with E-state index in [9.17, 15) is 19.6 Å². The van der Waals surface area contributed by atoms with E-state index in [0.717, 1.165) is 38.5 Å². The number of alkyl halides is 1. The van der Waals surface area contributed by atoms with Crippen molar-refractivity contribution in [3.05, 3.63) is 34.2 Å². The van der Waals surface area contributed by atoms with Crippen LogP contribution in [-0.4, -0.2) is 46.7 Å². The first-order chi connectivity index (χ1) is 15.8. The quantitative estimate of drug-likeness (QED) is 0.272. The summed E-state index contributed by atoms with van der Waals surface area (Å²) >= 11 is 5.57. The van der Waals surface area contributed by atoms with Crippen LogP contribution in [0.2, 0.25) is 0 Å². The molecule has 2 fully saturated rings. The van der Waals surface area contributed by atoms with Crippen LogP contribution in [-0.2, 0) is 16.0 Å². The monoisotopic (exact) mass is 477 g/mol. The Balaban J connectivity index is 1.41. The number of aryl methyl sites for hydroxylation is 1. The number of fused-ring (bicyclic) bond motifs is 5. The number of aromatic hydroxyl groups is 1. The lowest BCUT2D eigenvalue weighted by molar-refractivity contribution is -0.159. The van der Waals surface area contributed by atoms with Gasteiger partial charge in [0.1, 0.15) is 17.9 Å². The van der Waals surface area contributed by atoms with Crippen molar-refractivity contribution in [2.24, 2.45) is 22.5 Å². The number of hydrogen-bond donors (Lipinski definition) is 2. The summed E-state index contributed by atoms with van der Waals surface area (Å²) in [6, 6.07) is 4.12. The number of urea groups is 1. The van der Waals surface area contributed by atoms with Crippen LogP contribution in [0.4, 0.5) is 4.79 Å². The Kier molecular flexibility index (Phi) is 6.84. The number of ether oxygens (including phenoxy) is 1. The maximum Gasteiger partial charge on any atom is 0.341 e.